The van der Waals surface area contributed by atoms with E-state index in [4.69, 9.17) is 9.68 Å². The lowest BCUT2D eigenvalue weighted by Gasteiger charge is -2.10. The van der Waals surface area contributed by atoms with E-state index < -0.39 is 23.4 Å². The minimum Gasteiger partial charge on any atom is -0.465 e. The van der Waals surface area contributed by atoms with Crippen LogP contribution < -0.4 is 10.6 Å². The van der Waals surface area contributed by atoms with E-state index in [1.54, 1.807) is 12.1 Å². The van der Waals surface area contributed by atoms with Gasteiger partial charge in [-0.25, -0.2) is 8.78 Å². The second-order valence-corrected chi connectivity index (χ2v) is 4.63. The maximum atomic E-state index is 13.8. The van der Waals surface area contributed by atoms with Crippen LogP contribution in [0.2, 0.25) is 0 Å². The van der Waals surface area contributed by atoms with Gasteiger partial charge in [0.2, 0.25) is 5.91 Å². The summed E-state index contributed by atoms with van der Waals surface area (Å²) in [7, 11) is 0. The van der Waals surface area contributed by atoms with Crippen LogP contribution in [0, 0.1) is 23.0 Å². The van der Waals surface area contributed by atoms with Crippen molar-refractivity contribution in [1.82, 2.24) is 0 Å². The zero-order chi connectivity index (χ0) is 17.7. The third kappa shape index (κ3) is 4.04. The Morgan fingerprint density at radius 1 is 1.21 bits per heavy atom. The van der Waals surface area contributed by atoms with Crippen LogP contribution in [-0.4, -0.2) is 11.8 Å². The van der Waals surface area contributed by atoms with Crippen LogP contribution in [0.5, 0.6) is 0 Å². The molecule has 0 aliphatic carbocycles. The first-order chi connectivity index (χ1) is 11.4. The Morgan fingerprint density at radius 2 is 1.88 bits per heavy atom. The van der Waals surface area contributed by atoms with Gasteiger partial charge in [0, 0.05) is 19.1 Å². The Balaban J connectivity index is 2.28. The summed E-state index contributed by atoms with van der Waals surface area (Å²) in [5.41, 5.74) is -1.02. The molecule has 0 spiro atoms. The van der Waals surface area contributed by atoms with Crippen LogP contribution >= 0.6 is 0 Å². The molecule has 2 rings (SSSR count). The molecule has 0 aliphatic heterocycles. The quantitative estimate of drug-likeness (QED) is 0.665. The Morgan fingerprint density at radius 3 is 2.42 bits per heavy atom. The molecular weight excluding hydrogens is 320 g/mol. The van der Waals surface area contributed by atoms with Gasteiger partial charge in [-0.05, 0) is 18.2 Å². The van der Waals surface area contributed by atoms with Crippen LogP contribution in [0.25, 0.3) is 6.08 Å². The van der Waals surface area contributed by atoms with Gasteiger partial charge < -0.3 is 15.1 Å². The minimum atomic E-state index is -1.05. The molecule has 0 bridgehead atoms. The predicted molar refractivity (Wildman–Crippen MR) is 81.6 cm³/mol. The summed E-state index contributed by atoms with van der Waals surface area (Å²) >= 11 is 0. The first kappa shape index (κ1) is 16.9. The van der Waals surface area contributed by atoms with Crippen molar-refractivity contribution in [3.63, 3.8) is 0 Å². The van der Waals surface area contributed by atoms with E-state index in [1.165, 1.54) is 18.4 Å². The molecule has 2 aromatic rings. The van der Waals surface area contributed by atoms with E-state index in [0.717, 1.165) is 13.0 Å². The number of nitrogens with zero attached hydrogens (tertiary/aromatic N) is 1. The van der Waals surface area contributed by atoms with Crippen molar-refractivity contribution in [2.24, 2.45) is 0 Å². The zero-order valence-electron chi connectivity index (χ0n) is 12.4. The molecule has 1 aromatic heterocycles. The second-order valence-electron chi connectivity index (χ2n) is 4.63. The van der Waals surface area contributed by atoms with Gasteiger partial charge in [0.1, 0.15) is 29.0 Å². The van der Waals surface area contributed by atoms with Crippen molar-refractivity contribution < 1.29 is 22.8 Å². The molecule has 0 saturated carbocycles. The third-order valence-electron chi connectivity index (χ3n) is 2.81. The lowest BCUT2D eigenvalue weighted by atomic mass is 10.2. The normalized spacial score (nSPS) is 10.8. The van der Waals surface area contributed by atoms with Crippen LogP contribution in [-0.2, 0) is 9.59 Å². The first-order valence-corrected chi connectivity index (χ1v) is 6.64. The molecule has 2 amide bonds. The number of halogens is 2. The summed E-state index contributed by atoms with van der Waals surface area (Å²) in [5.74, 6) is -3.25. The standard InChI is InChI=1S/C16H11F2N3O3/c1-9(22)20-14-7-15(13(18)6-12(14)17)21-16(23)10(8-19)5-11-3-2-4-24-11/h2-7H,1H3,(H,20,22)(H,21,23)/b10-5+. The Bertz CT molecular complexity index is 852. The zero-order valence-corrected chi connectivity index (χ0v) is 12.4. The monoisotopic (exact) mass is 331 g/mol. The maximum Gasteiger partial charge on any atom is 0.266 e. The smallest absolute Gasteiger partial charge is 0.266 e. The summed E-state index contributed by atoms with van der Waals surface area (Å²) in [5, 5.41) is 13.3. The van der Waals surface area contributed by atoms with Crippen LogP contribution in [0.15, 0.2) is 40.5 Å². The molecule has 1 heterocycles. The number of hydrogen-bond donors (Lipinski definition) is 2. The minimum absolute atomic E-state index is 0.264. The van der Waals surface area contributed by atoms with Gasteiger partial charge in [-0.1, -0.05) is 0 Å². The van der Waals surface area contributed by atoms with Crippen molar-refractivity contribution in [3.8, 4) is 6.07 Å². The van der Waals surface area contributed by atoms with Gasteiger partial charge in [-0.15, -0.1) is 0 Å². The van der Waals surface area contributed by atoms with Gasteiger partial charge in [0.15, 0.2) is 0 Å². The lowest BCUT2D eigenvalue weighted by Crippen LogP contribution is -2.15. The van der Waals surface area contributed by atoms with Gasteiger partial charge in [0.05, 0.1) is 17.6 Å². The number of nitriles is 1. The summed E-state index contributed by atoms with van der Waals surface area (Å²) in [6, 6.07) is 6.19. The summed E-state index contributed by atoms with van der Waals surface area (Å²) in [4.78, 5) is 23.0. The van der Waals surface area contributed by atoms with Gasteiger partial charge in [-0.2, -0.15) is 5.26 Å². The molecule has 0 radical (unpaired) electrons. The van der Waals surface area contributed by atoms with E-state index >= 15 is 0 Å². The SMILES string of the molecule is CC(=O)Nc1cc(NC(=O)/C(C#N)=C/c2ccco2)c(F)cc1F. The topological polar surface area (TPSA) is 95.1 Å². The van der Waals surface area contributed by atoms with Crippen LogP contribution in [0.1, 0.15) is 12.7 Å². The van der Waals surface area contributed by atoms with Crippen molar-refractivity contribution in [2.75, 3.05) is 10.6 Å². The molecule has 0 aliphatic rings. The fourth-order valence-electron chi connectivity index (χ4n) is 1.78. The maximum absolute atomic E-state index is 13.8. The highest BCUT2D eigenvalue weighted by molar-refractivity contribution is 6.09. The van der Waals surface area contributed by atoms with E-state index in [0.29, 0.717) is 6.07 Å². The molecule has 2 N–H and O–H groups in total. The molecule has 0 unspecified atom stereocenters. The molecule has 6 nitrogen and oxygen atoms in total. The average molecular weight is 331 g/mol. The van der Waals surface area contributed by atoms with Crippen molar-refractivity contribution in [3.05, 3.63) is 53.5 Å². The van der Waals surface area contributed by atoms with Gasteiger partial charge >= 0.3 is 0 Å². The Hall–Kier alpha value is -3.47. The Labute approximate surface area is 135 Å². The predicted octanol–water partition coefficient (Wildman–Crippen LogP) is 3.06. The van der Waals surface area contributed by atoms with Crippen molar-refractivity contribution >= 4 is 29.3 Å². The summed E-state index contributed by atoms with van der Waals surface area (Å²) in [6.45, 7) is 1.15. The molecule has 1 aromatic carbocycles. The van der Waals surface area contributed by atoms with E-state index in [-0.39, 0.29) is 22.7 Å². The van der Waals surface area contributed by atoms with Crippen LogP contribution in [0.4, 0.5) is 20.2 Å². The lowest BCUT2D eigenvalue weighted by molar-refractivity contribution is -0.114. The summed E-state index contributed by atoms with van der Waals surface area (Å²) < 4.78 is 32.3. The molecule has 24 heavy (non-hydrogen) atoms. The molecule has 122 valence electrons. The van der Waals surface area contributed by atoms with Crippen molar-refractivity contribution in [1.29, 1.82) is 5.26 Å². The molecular formula is C16H11F2N3O3. The number of carbonyl (C=O) groups is 2. The fourth-order valence-corrected chi connectivity index (χ4v) is 1.78. The van der Waals surface area contributed by atoms with Gasteiger partial charge in [-0.3, -0.25) is 9.59 Å². The first-order valence-electron chi connectivity index (χ1n) is 6.64. The van der Waals surface area contributed by atoms with Gasteiger partial charge in [0.25, 0.3) is 5.91 Å². The highest BCUT2D eigenvalue weighted by Gasteiger charge is 2.16. The number of amides is 2. The average Bonchev–Trinajstić information content (AvgIpc) is 3.02. The molecule has 8 heteroatoms. The highest BCUT2D eigenvalue weighted by atomic mass is 19.1. The number of rotatable bonds is 4. The van der Waals surface area contributed by atoms with E-state index in [2.05, 4.69) is 10.6 Å². The number of benzene rings is 1. The Kier molecular flexibility index (Phi) is 5.06. The molecule has 0 fully saturated rings. The number of nitrogens with one attached hydrogen (secondary N) is 2. The van der Waals surface area contributed by atoms with E-state index in [1.807, 2.05) is 0 Å². The highest BCUT2D eigenvalue weighted by Crippen LogP contribution is 2.24. The van der Waals surface area contributed by atoms with Crippen LogP contribution in [0.3, 0.4) is 0 Å². The fraction of sp³-hybridized carbons (Fsp3) is 0.0625. The van der Waals surface area contributed by atoms with Crippen molar-refractivity contribution in [2.45, 2.75) is 6.92 Å². The molecule has 0 atom stereocenters. The number of hydrogen-bond acceptors (Lipinski definition) is 4. The summed E-state index contributed by atoms with van der Waals surface area (Å²) in [6.07, 6.45) is 2.53. The third-order valence-corrected chi connectivity index (χ3v) is 2.81. The molecule has 0 saturated heterocycles. The second kappa shape index (κ2) is 7.19. The van der Waals surface area contributed by atoms with E-state index in [9.17, 15) is 18.4 Å². The number of furan rings is 1. The largest absolute Gasteiger partial charge is 0.465 e. The number of carbonyl (C=O) groups excluding carboxylic acids is 2. The number of anilines is 2.